The zero-order chi connectivity index (χ0) is 13.0. The highest BCUT2D eigenvalue weighted by molar-refractivity contribution is 5.77. The molecule has 4 heteroatoms. The third-order valence-electron chi connectivity index (χ3n) is 4.43. The van der Waals surface area contributed by atoms with Crippen LogP contribution in [0.15, 0.2) is 0 Å². The van der Waals surface area contributed by atoms with Crippen molar-refractivity contribution >= 4 is 11.9 Å². The second-order valence-electron chi connectivity index (χ2n) is 5.68. The first kappa shape index (κ1) is 13.4. The number of carboxylic acids is 1. The maximum Gasteiger partial charge on any atom is 0.303 e. The van der Waals surface area contributed by atoms with Crippen LogP contribution in [0.25, 0.3) is 0 Å². The van der Waals surface area contributed by atoms with Crippen molar-refractivity contribution in [2.45, 2.75) is 51.4 Å². The summed E-state index contributed by atoms with van der Waals surface area (Å²) in [5.74, 6) is 0.881. The molecule has 1 heterocycles. The highest BCUT2D eigenvalue weighted by Gasteiger charge is 2.32. The van der Waals surface area contributed by atoms with E-state index >= 15 is 0 Å². The van der Waals surface area contributed by atoms with Crippen LogP contribution in [0.5, 0.6) is 0 Å². The lowest BCUT2D eigenvalue weighted by Gasteiger charge is -2.41. The molecule has 1 amide bonds. The lowest BCUT2D eigenvalue weighted by molar-refractivity contribution is -0.137. The summed E-state index contributed by atoms with van der Waals surface area (Å²) in [6.45, 7) is 1.80. The second kappa shape index (κ2) is 6.21. The number of rotatable bonds is 4. The normalized spacial score (nSPS) is 27.7. The van der Waals surface area contributed by atoms with Gasteiger partial charge in [-0.3, -0.25) is 9.59 Å². The van der Waals surface area contributed by atoms with Crippen molar-refractivity contribution in [3.8, 4) is 0 Å². The summed E-state index contributed by atoms with van der Waals surface area (Å²) in [5.41, 5.74) is 0. The zero-order valence-corrected chi connectivity index (χ0v) is 10.9. The van der Waals surface area contributed by atoms with Crippen molar-refractivity contribution in [2.75, 3.05) is 13.1 Å². The summed E-state index contributed by atoms with van der Waals surface area (Å²) in [7, 11) is 0. The molecule has 0 aromatic rings. The largest absolute Gasteiger partial charge is 0.481 e. The number of amides is 1. The zero-order valence-electron chi connectivity index (χ0n) is 10.9. The third kappa shape index (κ3) is 3.47. The van der Waals surface area contributed by atoms with E-state index in [9.17, 15) is 9.59 Å². The van der Waals surface area contributed by atoms with Crippen molar-refractivity contribution in [2.24, 2.45) is 11.8 Å². The highest BCUT2D eigenvalue weighted by Crippen LogP contribution is 2.36. The van der Waals surface area contributed by atoms with Crippen molar-refractivity contribution in [3.63, 3.8) is 0 Å². The second-order valence-corrected chi connectivity index (χ2v) is 5.68. The van der Waals surface area contributed by atoms with Crippen LogP contribution in [0, 0.1) is 11.8 Å². The van der Waals surface area contributed by atoms with Gasteiger partial charge in [0.1, 0.15) is 0 Å². The summed E-state index contributed by atoms with van der Waals surface area (Å²) < 4.78 is 0. The molecule has 102 valence electrons. The number of hydrogen-bond acceptors (Lipinski definition) is 2. The van der Waals surface area contributed by atoms with E-state index in [2.05, 4.69) is 0 Å². The van der Waals surface area contributed by atoms with Crippen molar-refractivity contribution in [3.05, 3.63) is 0 Å². The van der Waals surface area contributed by atoms with Gasteiger partial charge in [0, 0.05) is 25.9 Å². The van der Waals surface area contributed by atoms with Gasteiger partial charge in [0.25, 0.3) is 0 Å². The van der Waals surface area contributed by atoms with E-state index in [1.165, 1.54) is 25.7 Å². The summed E-state index contributed by atoms with van der Waals surface area (Å²) in [6, 6.07) is 0. The third-order valence-corrected chi connectivity index (χ3v) is 4.43. The van der Waals surface area contributed by atoms with Gasteiger partial charge < -0.3 is 10.0 Å². The molecule has 2 aliphatic rings. The van der Waals surface area contributed by atoms with Crippen LogP contribution in [-0.2, 0) is 9.59 Å². The van der Waals surface area contributed by atoms with Gasteiger partial charge in [-0.2, -0.15) is 0 Å². The molecule has 4 nitrogen and oxygen atoms in total. The van der Waals surface area contributed by atoms with E-state index < -0.39 is 5.97 Å². The average Bonchev–Trinajstić information content (AvgIpc) is 2.37. The Bertz CT molecular complexity index is 316. The minimum absolute atomic E-state index is 0.103. The summed E-state index contributed by atoms with van der Waals surface area (Å²) >= 11 is 0. The molecule has 1 aliphatic heterocycles. The van der Waals surface area contributed by atoms with Crippen LogP contribution in [0.3, 0.4) is 0 Å². The molecule has 18 heavy (non-hydrogen) atoms. The number of fused-ring (bicyclic) bond motifs is 1. The standard InChI is InChI=1S/C14H23NO3/c16-13(6-3-7-14(17)18)15-9-8-11-4-1-2-5-12(11)10-15/h11-12H,1-10H2,(H,17,18). The number of aliphatic carboxylic acids is 1. The Morgan fingerprint density at radius 3 is 2.50 bits per heavy atom. The van der Waals surface area contributed by atoms with Crippen LogP contribution in [0.4, 0.5) is 0 Å². The molecular formula is C14H23NO3. The van der Waals surface area contributed by atoms with Crippen LogP contribution >= 0.6 is 0 Å². The molecule has 0 radical (unpaired) electrons. The number of nitrogens with zero attached hydrogens (tertiary/aromatic N) is 1. The minimum atomic E-state index is -0.811. The van der Waals surface area contributed by atoms with Gasteiger partial charge in [0.15, 0.2) is 0 Å². The number of hydrogen-bond donors (Lipinski definition) is 1. The summed E-state index contributed by atoms with van der Waals surface area (Å²) in [6.07, 6.45) is 7.38. The van der Waals surface area contributed by atoms with Crippen LogP contribution in [-0.4, -0.2) is 35.0 Å². The fraction of sp³-hybridized carbons (Fsp3) is 0.857. The van der Waals surface area contributed by atoms with Crippen molar-refractivity contribution in [1.82, 2.24) is 4.90 Å². The fourth-order valence-electron chi connectivity index (χ4n) is 3.38. The molecule has 2 unspecified atom stereocenters. The highest BCUT2D eigenvalue weighted by atomic mass is 16.4. The quantitative estimate of drug-likeness (QED) is 0.836. The number of piperidine rings is 1. The molecule has 2 fully saturated rings. The van der Waals surface area contributed by atoms with Gasteiger partial charge >= 0.3 is 5.97 Å². The van der Waals surface area contributed by atoms with Gasteiger partial charge in [0.2, 0.25) is 5.91 Å². The molecular weight excluding hydrogens is 230 g/mol. The Labute approximate surface area is 108 Å². The van der Waals surface area contributed by atoms with Crippen LogP contribution in [0.2, 0.25) is 0 Å². The summed E-state index contributed by atoms with van der Waals surface area (Å²) in [4.78, 5) is 24.4. The van der Waals surface area contributed by atoms with Crippen LogP contribution < -0.4 is 0 Å². The monoisotopic (exact) mass is 253 g/mol. The van der Waals surface area contributed by atoms with Crippen molar-refractivity contribution < 1.29 is 14.7 Å². The molecule has 2 atom stereocenters. The lowest BCUT2D eigenvalue weighted by atomic mass is 9.75. The maximum atomic E-state index is 12.0. The van der Waals surface area contributed by atoms with Gasteiger partial charge in [-0.05, 0) is 31.1 Å². The molecule has 0 spiro atoms. The first-order valence-corrected chi connectivity index (χ1v) is 7.16. The van der Waals surface area contributed by atoms with E-state index in [0.29, 0.717) is 18.8 Å². The predicted molar refractivity (Wildman–Crippen MR) is 68.1 cm³/mol. The molecule has 1 N–H and O–H groups in total. The van der Waals surface area contributed by atoms with E-state index in [1.807, 2.05) is 4.90 Å². The van der Waals surface area contributed by atoms with E-state index in [1.54, 1.807) is 0 Å². The SMILES string of the molecule is O=C(O)CCCC(=O)N1CCC2CCCCC2C1. The van der Waals surface area contributed by atoms with Gasteiger partial charge in [-0.1, -0.05) is 19.3 Å². The van der Waals surface area contributed by atoms with E-state index in [0.717, 1.165) is 25.4 Å². The van der Waals surface area contributed by atoms with Gasteiger partial charge in [-0.25, -0.2) is 0 Å². The number of carboxylic acid groups (broad SMARTS) is 1. The Morgan fingerprint density at radius 1 is 1.06 bits per heavy atom. The Hall–Kier alpha value is -1.06. The smallest absolute Gasteiger partial charge is 0.303 e. The lowest BCUT2D eigenvalue weighted by Crippen LogP contribution is -2.44. The van der Waals surface area contributed by atoms with Crippen LogP contribution in [0.1, 0.15) is 51.4 Å². The number of carbonyl (C=O) groups excluding carboxylic acids is 1. The fourth-order valence-corrected chi connectivity index (χ4v) is 3.38. The first-order chi connectivity index (χ1) is 8.66. The van der Waals surface area contributed by atoms with Crippen molar-refractivity contribution in [1.29, 1.82) is 0 Å². The number of carbonyl (C=O) groups is 2. The molecule has 0 aromatic carbocycles. The summed E-state index contributed by atoms with van der Waals surface area (Å²) in [5, 5.41) is 8.57. The topological polar surface area (TPSA) is 57.6 Å². The Morgan fingerprint density at radius 2 is 1.78 bits per heavy atom. The first-order valence-electron chi connectivity index (χ1n) is 7.16. The maximum absolute atomic E-state index is 12.0. The molecule has 0 bridgehead atoms. The van der Waals surface area contributed by atoms with Gasteiger partial charge in [-0.15, -0.1) is 0 Å². The molecule has 2 rings (SSSR count). The molecule has 1 aliphatic carbocycles. The molecule has 1 saturated carbocycles. The molecule has 1 saturated heterocycles. The average molecular weight is 253 g/mol. The Balaban J connectivity index is 1.75. The van der Waals surface area contributed by atoms with E-state index in [-0.39, 0.29) is 12.3 Å². The van der Waals surface area contributed by atoms with Gasteiger partial charge in [0.05, 0.1) is 0 Å². The molecule has 0 aromatic heterocycles. The van der Waals surface area contributed by atoms with E-state index in [4.69, 9.17) is 5.11 Å². The number of likely N-dealkylation sites (tertiary alicyclic amines) is 1. The Kier molecular flexibility index (Phi) is 4.61. The minimum Gasteiger partial charge on any atom is -0.481 e. The predicted octanol–water partition coefficient (Wildman–Crippen LogP) is 2.28.